The average molecular weight is 355 g/mol. The maximum absolute atomic E-state index is 2.36. The minimum absolute atomic E-state index is 1.21. The van der Waals surface area contributed by atoms with Gasteiger partial charge in [-0.3, -0.25) is 0 Å². The molecule has 146 valence electrons. The number of benzene rings is 1. The Bertz CT molecular complexity index is 436. The van der Waals surface area contributed by atoms with Gasteiger partial charge in [-0.2, -0.15) is 0 Å². The van der Waals surface area contributed by atoms with E-state index in [-0.39, 0.29) is 0 Å². The Morgan fingerprint density at radius 1 is 0.538 bits per heavy atom. The second kappa shape index (κ2) is 17.1. The van der Waals surface area contributed by atoms with Crippen LogP contribution < -0.4 is 0 Å². The quantitative estimate of drug-likeness (QED) is 0.259. The fraction of sp³-hybridized carbons (Fsp3) is 0.615. The second-order valence-electron chi connectivity index (χ2n) is 7.55. The molecule has 0 saturated heterocycles. The molecule has 0 aromatic heterocycles. The Labute approximate surface area is 163 Å². The topological polar surface area (TPSA) is 0 Å². The molecule has 0 aliphatic carbocycles. The molecule has 0 atom stereocenters. The van der Waals surface area contributed by atoms with Crippen LogP contribution in [-0.4, -0.2) is 0 Å². The fourth-order valence-corrected chi connectivity index (χ4v) is 3.32. The minimum atomic E-state index is 1.21. The van der Waals surface area contributed by atoms with Gasteiger partial charge in [0.25, 0.3) is 0 Å². The first kappa shape index (κ1) is 22.7. The summed E-state index contributed by atoms with van der Waals surface area (Å²) in [4.78, 5) is 0. The molecule has 1 aromatic rings. The summed E-state index contributed by atoms with van der Waals surface area (Å²) in [5.74, 6) is 0. The molecule has 26 heavy (non-hydrogen) atoms. The van der Waals surface area contributed by atoms with Crippen LogP contribution in [0.2, 0.25) is 0 Å². The molecule has 1 aromatic carbocycles. The number of unbranched alkanes of at least 4 members (excludes halogenated alkanes) is 12. The third-order valence-electron chi connectivity index (χ3n) is 5.04. The smallest absolute Gasteiger partial charge is 0.0187 e. The van der Waals surface area contributed by atoms with Crippen molar-refractivity contribution in [2.24, 2.45) is 0 Å². The van der Waals surface area contributed by atoms with E-state index < -0.39 is 0 Å². The van der Waals surface area contributed by atoms with Crippen LogP contribution in [0.25, 0.3) is 12.2 Å². The molecule has 0 aliphatic heterocycles. The minimum Gasteiger partial charge on any atom is -0.0839 e. The van der Waals surface area contributed by atoms with Gasteiger partial charge in [0.05, 0.1) is 0 Å². The van der Waals surface area contributed by atoms with Crippen molar-refractivity contribution >= 4 is 12.2 Å². The third kappa shape index (κ3) is 12.1. The first-order chi connectivity index (χ1) is 12.9. The molecule has 0 bridgehead atoms. The normalized spacial score (nSPS) is 11.8. The van der Waals surface area contributed by atoms with E-state index in [1.54, 1.807) is 0 Å². The van der Waals surface area contributed by atoms with Crippen LogP contribution in [0.5, 0.6) is 0 Å². The summed E-state index contributed by atoms with van der Waals surface area (Å²) in [6, 6.07) is 8.77. The van der Waals surface area contributed by atoms with Crippen molar-refractivity contribution in [3.63, 3.8) is 0 Å². The van der Waals surface area contributed by atoms with Crippen LogP contribution in [0.3, 0.4) is 0 Å². The number of allylic oxidation sites excluding steroid dienone is 2. The molecule has 0 spiro atoms. The zero-order valence-electron chi connectivity index (χ0n) is 17.5. The first-order valence-corrected chi connectivity index (χ1v) is 11.3. The summed E-state index contributed by atoms with van der Waals surface area (Å²) in [6.07, 6.45) is 28.3. The highest BCUT2D eigenvalue weighted by Crippen LogP contribution is 2.15. The van der Waals surface area contributed by atoms with Gasteiger partial charge in [-0.05, 0) is 36.8 Å². The summed E-state index contributed by atoms with van der Waals surface area (Å²) in [5, 5.41) is 0. The van der Waals surface area contributed by atoms with Crippen LogP contribution in [0, 0.1) is 0 Å². The summed E-state index contributed by atoms with van der Waals surface area (Å²) < 4.78 is 0. The number of hydrogen-bond acceptors (Lipinski definition) is 0. The van der Waals surface area contributed by atoms with Gasteiger partial charge < -0.3 is 0 Å². The van der Waals surface area contributed by atoms with Gasteiger partial charge in [0.1, 0.15) is 0 Å². The van der Waals surface area contributed by atoms with Crippen molar-refractivity contribution < 1.29 is 0 Å². The van der Waals surface area contributed by atoms with Gasteiger partial charge in [-0.25, -0.2) is 0 Å². The lowest BCUT2D eigenvalue weighted by molar-refractivity contribution is 0.611. The highest BCUT2D eigenvalue weighted by atomic mass is 14.0. The van der Waals surface area contributed by atoms with E-state index in [1.165, 1.54) is 101 Å². The highest BCUT2D eigenvalue weighted by Gasteiger charge is 1.95. The molecule has 0 radical (unpaired) electrons. The molecular formula is C26H42. The molecule has 1 rings (SSSR count). The maximum Gasteiger partial charge on any atom is -0.0187 e. The van der Waals surface area contributed by atoms with Crippen molar-refractivity contribution in [1.82, 2.24) is 0 Å². The SMILES string of the molecule is CCCCCCCCC=Cc1ccccc1C=CCCCCCCCC. The standard InChI is InChI=1S/C26H42/c1-3-5-7-9-11-13-15-17-21-25-23-19-20-24-26(25)22-18-16-14-12-10-8-6-4-2/h17-24H,3-16H2,1-2H3. The van der Waals surface area contributed by atoms with Crippen LogP contribution in [0.15, 0.2) is 36.4 Å². The van der Waals surface area contributed by atoms with E-state index in [9.17, 15) is 0 Å². The molecule has 0 aliphatic rings. The fourth-order valence-electron chi connectivity index (χ4n) is 3.32. The van der Waals surface area contributed by atoms with Crippen molar-refractivity contribution in [3.05, 3.63) is 47.5 Å². The van der Waals surface area contributed by atoms with Crippen LogP contribution in [0.1, 0.15) is 115 Å². The summed E-state index contributed by atoms with van der Waals surface area (Å²) in [6.45, 7) is 4.56. The summed E-state index contributed by atoms with van der Waals surface area (Å²) >= 11 is 0. The Hall–Kier alpha value is -1.30. The van der Waals surface area contributed by atoms with Crippen LogP contribution in [0.4, 0.5) is 0 Å². The highest BCUT2D eigenvalue weighted by molar-refractivity contribution is 5.65. The Morgan fingerprint density at radius 2 is 0.923 bits per heavy atom. The predicted molar refractivity (Wildman–Crippen MR) is 120 cm³/mol. The molecule has 0 fully saturated rings. The Kier molecular flexibility index (Phi) is 15.0. The lowest BCUT2D eigenvalue weighted by Gasteiger charge is -2.02. The van der Waals surface area contributed by atoms with Crippen LogP contribution in [-0.2, 0) is 0 Å². The predicted octanol–water partition coefficient (Wildman–Crippen LogP) is 9.21. The van der Waals surface area contributed by atoms with Gasteiger partial charge in [-0.1, -0.05) is 127 Å². The molecule has 0 heteroatoms. The van der Waals surface area contributed by atoms with E-state index in [4.69, 9.17) is 0 Å². The van der Waals surface area contributed by atoms with E-state index in [2.05, 4.69) is 62.4 Å². The third-order valence-corrected chi connectivity index (χ3v) is 5.04. The van der Waals surface area contributed by atoms with E-state index in [0.717, 1.165) is 0 Å². The Morgan fingerprint density at radius 3 is 1.35 bits per heavy atom. The van der Waals surface area contributed by atoms with Gasteiger partial charge in [0, 0.05) is 0 Å². The summed E-state index contributed by atoms with van der Waals surface area (Å²) in [5.41, 5.74) is 2.72. The number of rotatable bonds is 16. The van der Waals surface area contributed by atoms with Crippen molar-refractivity contribution in [2.45, 2.75) is 104 Å². The van der Waals surface area contributed by atoms with Gasteiger partial charge in [0.2, 0.25) is 0 Å². The van der Waals surface area contributed by atoms with Crippen LogP contribution >= 0.6 is 0 Å². The molecule has 0 heterocycles. The number of hydrogen-bond donors (Lipinski definition) is 0. The van der Waals surface area contributed by atoms with E-state index in [1.807, 2.05) is 0 Å². The second-order valence-corrected chi connectivity index (χ2v) is 7.55. The van der Waals surface area contributed by atoms with Crippen molar-refractivity contribution in [1.29, 1.82) is 0 Å². The van der Waals surface area contributed by atoms with Gasteiger partial charge >= 0.3 is 0 Å². The van der Waals surface area contributed by atoms with Crippen molar-refractivity contribution in [2.75, 3.05) is 0 Å². The molecule has 0 unspecified atom stereocenters. The molecule has 0 saturated carbocycles. The summed E-state index contributed by atoms with van der Waals surface area (Å²) in [7, 11) is 0. The zero-order chi connectivity index (χ0) is 18.7. The maximum atomic E-state index is 2.36. The first-order valence-electron chi connectivity index (χ1n) is 11.3. The van der Waals surface area contributed by atoms with Gasteiger partial charge in [-0.15, -0.1) is 0 Å². The molecule has 0 nitrogen and oxygen atoms in total. The lowest BCUT2D eigenvalue weighted by Crippen LogP contribution is -1.81. The monoisotopic (exact) mass is 354 g/mol. The van der Waals surface area contributed by atoms with E-state index >= 15 is 0 Å². The van der Waals surface area contributed by atoms with E-state index in [0.29, 0.717) is 0 Å². The van der Waals surface area contributed by atoms with Crippen molar-refractivity contribution in [3.8, 4) is 0 Å². The zero-order valence-corrected chi connectivity index (χ0v) is 17.5. The molecular weight excluding hydrogens is 312 g/mol. The largest absolute Gasteiger partial charge is 0.0839 e. The Balaban J connectivity index is 2.26. The average Bonchev–Trinajstić information content (AvgIpc) is 2.67. The van der Waals surface area contributed by atoms with Gasteiger partial charge in [0.15, 0.2) is 0 Å². The lowest BCUT2D eigenvalue weighted by atomic mass is 10.0. The molecule has 0 amide bonds. The molecule has 0 N–H and O–H groups in total.